The lowest BCUT2D eigenvalue weighted by atomic mass is 9.67. The fourth-order valence-corrected chi connectivity index (χ4v) is 3.27. The van der Waals surface area contributed by atoms with Gasteiger partial charge in [0.15, 0.2) is 0 Å². The molecule has 1 nitrogen and oxygen atoms in total. The molecule has 0 aliphatic heterocycles. The number of allylic oxidation sites excluding steroid dienone is 2. The zero-order valence-corrected chi connectivity index (χ0v) is 9.99. The molecule has 0 spiro atoms. The number of benzene rings is 1. The van der Waals surface area contributed by atoms with E-state index in [2.05, 4.69) is 37.3 Å². The Bertz CT molecular complexity index is 447. The summed E-state index contributed by atoms with van der Waals surface area (Å²) in [6.45, 7) is 2.40. The molecule has 1 aromatic carbocycles. The number of ether oxygens (including phenoxy) is 1. The van der Waals surface area contributed by atoms with Crippen molar-refractivity contribution in [3.63, 3.8) is 0 Å². The predicted molar refractivity (Wildman–Crippen MR) is 65.9 cm³/mol. The molecule has 0 N–H and O–H groups in total. The van der Waals surface area contributed by atoms with Crippen molar-refractivity contribution in [2.45, 2.75) is 32.1 Å². The van der Waals surface area contributed by atoms with Gasteiger partial charge in [0.25, 0.3) is 0 Å². The van der Waals surface area contributed by atoms with Gasteiger partial charge < -0.3 is 4.74 Å². The van der Waals surface area contributed by atoms with Gasteiger partial charge in [-0.05, 0) is 53.9 Å². The molecule has 0 saturated heterocycles. The van der Waals surface area contributed by atoms with Crippen molar-refractivity contribution in [1.29, 1.82) is 0 Å². The van der Waals surface area contributed by atoms with Crippen molar-refractivity contribution in [2.24, 2.45) is 5.41 Å². The molecule has 0 radical (unpaired) electrons. The van der Waals surface area contributed by atoms with E-state index in [1.54, 1.807) is 12.7 Å². The van der Waals surface area contributed by atoms with Gasteiger partial charge in [0, 0.05) is 0 Å². The van der Waals surface area contributed by atoms with E-state index in [-0.39, 0.29) is 0 Å². The fraction of sp³-hybridized carbons (Fsp3) is 0.467. The van der Waals surface area contributed by atoms with E-state index in [0.29, 0.717) is 11.3 Å². The summed E-state index contributed by atoms with van der Waals surface area (Å²) in [7, 11) is 1.74. The van der Waals surface area contributed by atoms with Gasteiger partial charge in [-0.25, -0.2) is 0 Å². The number of rotatable bonds is 1. The second-order valence-electron chi connectivity index (χ2n) is 5.26. The average molecular weight is 214 g/mol. The summed E-state index contributed by atoms with van der Waals surface area (Å²) in [4.78, 5) is 0. The molecule has 0 fully saturated rings. The van der Waals surface area contributed by atoms with E-state index in [1.165, 1.54) is 24.8 Å². The van der Waals surface area contributed by atoms with E-state index in [9.17, 15) is 0 Å². The normalized spacial score (nSPS) is 31.0. The summed E-state index contributed by atoms with van der Waals surface area (Å²) in [5.41, 5.74) is 3.44. The SMILES string of the molecule is COc1ccc2c(c1)CC[C@]1(C)C=CC[C@@H]21. The standard InChI is InChI=1S/C15H18O/c1-15-8-3-4-14(15)13-6-5-12(16-2)10-11(13)7-9-15/h3,5-6,8,10,14H,4,7,9H2,1-2H3/t14-,15-/m0/s1. The van der Waals surface area contributed by atoms with Crippen LogP contribution in [-0.2, 0) is 6.42 Å². The minimum absolute atomic E-state index is 0.404. The first-order chi connectivity index (χ1) is 7.73. The fourth-order valence-electron chi connectivity index (χ4n) is 3.27. The summed E-state index contributed by atoms with van der Waals surface area (Å²) in [5.74, 6) is 1.69. The molecule has 84 valence electrons. The van der Waals surface area contributed by atoms with Gasteiger partial charge in [-0.3, -0.25) is 0 Å². The molecule has 0 heterocycles. The maximum absolute atomic E-state index is 5.30. The summed E-state index contributed by atoms with van der Waals surface area (Å²) >= 11 is 0. The van der Waals surface area contributed by atoms with Crippen LogP contribution in [0.1, 0.15) is 36.8 Å². The number of fused-ring (bicyclic) bond motifs is 3. The molecular formula is C15H18O. The molecular weight excluding hydrogens is 196 g/mol. The molecule has 2 atom stereocenters. The van der Waals surface area contributed by atoms with Crippen LogP contribution < -0.4 is 4.74 Å². The van der Waals surface area contributed by atoms with Crippen LogP contribution in [0.3, 0.4) is 0 Å². The molecule has 1 aromatic rings. The van der Waals surface area contributed by atoms with Crippen LogP contribution in [0.25, 0.3) is 0 Å². The summed E-state index contributed by atoms with van der Waals surface area (Å²) in [6, 6.07) is 6.58. The summed E-state index contributed by atoms with van der Waals surface area (Å²) < 4.78 is 5.30. The molecule has 0 bridgehead atoms. The van der Waals surface area contributed by atoms with Crippen molar-refractivity contribution in [3.05, 3.63) is 41.5 Å². The van der Waals surface area contributed by atoms with Crippen LogP contribution >= 0.6 is 0 Å². The molecule has 2 aliphatic rings. The first-order valence-electron chi connectivity index (χ1n) is 6.07. The van der Waals surface area contributed by atoms with Gasteiger partial charge >= 0.3 is 0 Å². The second kappa shape index (κ2) is 3.38. The third kappa shape index (κ3) is 1.31. The van der Waals surface area contributed by atoms with Crippen LogP contribution in [0.4, 0.5) is 0 Å². The third-order valence-corrected chi connectivity index (χ3v) is 4.32. The van der Waals surface area contributed by atoms with Gasteiger partial charge in [-0.15, -0.1) is 0 Å². The van der Waals surface area contributed by atoms with Crippen LogP contribution in [0.15, 0.2) is 30.4 Å². The molecule has 3 rings (SSSR count). The lowest BCUT2D eigenvalue weighted by molar-refractivity contribution is 0.310. The number of aryl methyl sites for hydroxylation is 1. The van der Waals surface area contributed by atoms with Crippen LogP contribution in [0, 0.1) is 5.41 Å². The quantitative estimate of drug-likeness (QED) is 0.648. The smallest absolute Gasteiger partial charge is 0.119 e. The van der Waals surface area contributed by atoms with Crippen molar-refractivity contribution in [2.75, 3.05) is 7.11 Å². The van der Waals surface area contributed by atoms with Crippen molar-refractivity contribution < 1.29 is 4.74 Å². The highest BCUT2D eigenvalue weighted by Gasteiger charge is 2.39. The zero-order chi connectivity index (χ0) is 11.2. The Morgan fingerprint density at radius 3 is 3.06 bits per heavy atom. The minimum Gasteiger partial charge on any atom is -0.497 e. The Kier molecular flexibility index (Phi) is 2.10. The van der Waals surface area contributed by atoms with Gasteiger partial charge in [0.05, 0.1) is 7.11 Å². The largest absolute Gasteiger partial charge is 0.497 e. The Labute approximate surface area is 97.1 Å². The van der Waals surface area contributed by atoms with Crippen molar-refractivity contribution in [3.8, 4) is 5.75 Å². The molecule has 2 aliphatic carbocycles. The van der Waals surface area contributed by atoms with Crippen LogP contribution in [0.5, 0.6) is 5.75 Å². The van der Waals surface area contributed by atoms with Crippen molar-refractivity contribution in [1.82, 2.24) is 0 Å². The van der Waals surface area contributed by atoms with Gasteiger partial charge in [-0.2, -0.15) is 0 Å². The first-order valence-corrected chi connectivity index (χ1v) is 6.07. The highest BCUT2D eigenvalue weighted by atomic mass is 16.5. The van der Waals surface area contributed by atoms with E-state index < -0.39 is 0 Å². The minimum atomic E-state index is 0.404. The Balaban J connectivity index is 2.05. The molecule has 0 aromatic heterocycles. The predicted octanol–water partition coefficient (Wildman–Crippen LogP) is 3.69. The molecule has 16 heavy (non-hydrogen) atoms. The van der Waals surface area contributed by atoms with Crippen LogP contribution in [-0.4, -0.2) is 7.11 Å². The number of methoxy groups -OCH3 is 1. The Morgan fingerprint density at radius 1 is 1.38 bits per heavy atom. The second-order valence-corrected chi connectivity index (χ2v) is 5.26. The molecule has 0 unspecified atom stereocenters. The third-order valence-electron chi connectivity index (χ3n) is 4.32. The van der Waals surface area contributed by atoms with E-state index in [1.807, 2.05) is 0 Å². The van der Waals surface area contributed by atoms with Gasteiger partial charge in [-0.1, -0.05) is 25.1 Å². The van der Waals surface area contributed by atoms with E-state index in [0.717, 1.165) is 5.75 Å². The number of hydrogen-bond donors (Lipinski definition) is 0. The Morgan fingerprint density at radius 2 is 2.25 bits per heavy atom. The maximum Gasteiger partial charge on any atom is 0.119 e. The molecule has 0 amide bonds. The average Bonchev–Trinajstić information content (AvgIpc) is 2.70. The monoisotopic (exact) mass is 214 g/mol. The maximum atomic E-state index is 5.30. The lowest BCUT2D eigenvalue weighted by Gasteiger charge is -2.37. The zero-order valence-electron chi connectivity index (χ0n) is 9.99. The molecule has 1 heteroatoms. The lowest BCUT2D eigenvalue weighted by Crippen LogP contribution is -2.26. The van der Waals surface area contributed by atoms with Gasteiger partial charge in [0.2, 0.25) is 0 Å². The van der Waals surface area contributed by atoms with E-state index in [4.69, 9.17) is 4.74 Å². The summed E-state index contributed by atoms with van der Waals surface area (Å²) in [6.07, 6.45) is 8.43. The van der Waals surface area contributed by atoms with E-state index >= 15 is 0 Å². The molecule has 0 saturated carbocycles. The van der Waals surface area contributed by atoms with Crippen molar-refractivity contribution >= 4 is 0 Å². The number of hydrogen-bond acceptors (Lipinski definition) is 1. The first kappa shape index (κ1) is 9.95. The van der Waals surface area contributed by atoms with Crippen LogP contribution in [0.2, 0.25) is 0 Å². The highest BCUT2D eigenvalue weighted by Crippen LogP contribution is 2.52. The van der Waals surface area contributed by atoms with Gasteiger partial charge in [0.1, 0.15) is 5.75 Å². The highest BCUT2D eigenvalue weighted by molar-refractivity contribution is 5.43. The Hall–Kier alpha value is -1.24. The summed E-state index contributed by atoms with van der Waals surface area (Å²) in [5, 5.41) is 0. The topological polar surface area (TPSA) is 9.23 Å².